The predicted molar refractivity (Wildman–Crippen MR) is 132 cm³/mol. The first-order valence-corrected chi connectivity index (χ1v) is 13.7. The van der Waals surface area contributed by atoms with Crippen molar-refractivity contribution in [3.8, 4) is 0 Å². The normalized spacial score (nSPS) is 10.7. The first-order chi connectivity index (χ1) is 15.3. The van der Waals surface area contributed by atoms with E-state index in [-0.39, 0.29) is 54.4 Å². The number of hydrogen-bond donors (Lipinski definition) is 0. The molecule has 0 aromatic heterocycles. The van der Waals surface area contributed by atoms with Gasteiger partial charge in [-0.15, -0.1) is 0 Å². The van der Waals surface area contributed by atoms with Gasteiger partial charge in [0.15, 0.2) is 0 Å². The Morgan fingerprint density at radius 2 is 0.727 bits per heavy atom. The standard InChI is InChI=1S/C12H22O4S2.C11H20O4/c1-9(2)5-11(13)15-7-17-18-8-16-12(14)6-10(3)4;1-8(2)5-10(12)14-7-15-11(13)6-9(3)4/h9-10H,5-8H2,1-4H3;8-9H,5-7H2,1-4H3. The molecule has 8 nitrogen and oxygen atoms in total. The Labute approximate surface area is 207 Å². The highest BCUT2D eigenvalue weighted by Crippen LogP contribution is 2.22. The molecule has 0 aliphatic rings. The molecule has 0 amide bonds. The molecule has 10 heteroatoms. The van der Waals surface area contributed by atoms with E-state index in [1.165, 1.54) is 21.6 Å². The molecule has 0 aromatic carbocycles. The van der Waals surface area contributed by atoms with Gasteiger partial charge in [0.25, 0.3) is 0 Å². The third-order valence-corrected chi connectivity index (χ3v) is 5.03. The highest BCUT2D eigenvalue weighted by molar-refractivity contribution is 8.76. The fraction of sp³-hybridized carbons (Fsp3) is 0.826. The van der Waals surface area contributed by atoms with Crippen molar-refractivity contribution in [1.29, 1.82) is 0 Å². The van der Waals surface area contributed by atoms with E-state index in [1.807, 2.05) is 55.4 Å². The van der Waals surface area contributed by atoms with Crippen molar-refractivity contribution >= 4 is 45.5 Å². The van der Waals surface area contributed by atoms with E-state index < -0.39 is 0 Å². The molecule has 0 fully saturated rings. The van der Waals surface area contributed by atoms with Crippen LogP contribution in [0.5, 0.6) is 0 Å². The van der Waals surface area contributed by atoms with Gasteiger partial charge in [-0.25, -0.2) is 0 Å². The molecule has 0 saturated heterocycles. The van der Waals surface area contributed by atoms with Crippen molar-refractivity contribution in [2.75, 3.05) is 18.7 Å². The van der Waals surface area contributed by atoms with Crippen LogP contribution in [0.1, 0.15) is 81.1 Å². The molecule has 0 N–H and O–H groups in total. The third kappa shape index (κ3) is 28.5. The fourth-order valence-corrected chi connectivity index (χ4v) is 3.17. The topological polar surface area (TPSA) is 105 Å². The summed E-state index contributed by atoms with van der Waals surface area (Å²) >= 11 is 0. The molecule has 0 rings (SSSR count). The molecule has 194 valence electrons. The number of rotatable bonds is 15. The van der Waals surface area contributed by atoms with E-state index in [1.54, 1.807) is 0 Å². The Morgan fingerprint density at radius 1 is 0.485 bits per heavy atom. The summed E-state index contributed by atoms with van der Waals surface area (Å²) in [5, 5.41) is 0. The molecule has 0 aromatic rings. The average molecular weight is 511 g/mol. The minimum atomic E-state index is -0.331. The highest BCUT2D eigenvalue weighted by Gasteiger charge is 2.09. The Bertz CT molecular complexity index is 515. The van der Waals surface area contributed by atoms with Crippen LogP contribution in [0.3, 0.4) is 0 Å². The van der Waals surface area contributed by atoms with Crippen molar-refractivity contribution < 1.29 is 38.1 Å². The quantitative estimate of drug-likeness (QED) is 0.0910. The molecule has 0 aliphatic heterocycles. The second-order valence-corrected chi connectivity index (χ2v) is 11.4. The summed E-state index contributed by atoms with van der Waals surface area (Å²) in [7, 11) is 2.73. The summed E-state index contributed by atoms with van der Waals surface area (Å²) in [4.78, 5) is 44.5. The van der Waals surface area contributed by atoms with Crippen molar-refractivity contribution in [2.45, 2.75) is 81.1 Å². The van der Waals surface area contributed by atoms with Gasteiger partial charge < -0.3 is 18.9 Å². The van der Waals surface area contributed by atoms with Crippen LogP contribution in [0, 0.1) is 23.7 Å². The van der Waals surface area contributed by atoms with Crippen LogP contribution in [0.15, 0.2) is 0 Å². The molecule has 0 spiro atoms. The summed E-state index contributed by atoms with van der Waals surface area (Å²) in [6.45, 7) is 15.3. The lowest BCUT2D eigenvalue weighted by atomic mass is 10.1. The Balaban J connectivity index is 0. The Hall–Kier alpha value is -1.42. The van der Waals surface area contributed by atoms with Gasteiger partial charge in [0, 0.05) is 25.7 Å². The predicted octanol–water partition coefficient (Wildman–Crippen LogP) is 5.58. The fourth-order valence-electron chi connectivity index (χ4n) is 1.98. The lowest BCUT2D eigenvalue weighted by molar-refractivity contribution is -0.168. The monoisotopic (exact) mass is 510 g/mol. The van der Waals surface area contributed by atoms with Gasteiger partial charge in [0.1, 0.15) is 11.9 Å². The molecule has 0 unspecified atom stereocenters. The molecular formula is C23H42O8S2. The number of hydrogen-bond acceptors (Lipinski definition) is 10. The van der Waals surface area contributed by atoms with Gasteiger partial charge in [-0.2, -0.15) is 0 Å². The molecular weight excluding hydrogens is 468 g/mol. The maximum Gasteiger partial charge on any atom is 0.308 e. The van der Waals surface area contributed by atoms with Crippen molar-refractivity contribution in [1.82, 2.24) is 0 Å². The van der Waals surface area contributed by atoms with Gasteiger partial charge in [-0.1, -0.05) is 55.4 Å². The molecule has 33 heavy (non-hydrogen) atoms. The Kier molecular flexibility index (Phi) is 21.6. The highest BCUT2D eigenvalue weighted by atomic mass is 33.1. The minimum absolute atomic E-state index is 0.185. The zero-order valence-electron chi connectivity index (χ0n) is 21.3. The summed E-state index contributed by atoms with van der Waals surface area (Å²) in [5.41, 5.74) is 0. The summed E-state index contributed by atoms with van der Waals surface area (Å²) in [6, 6.07) is 0. The van der Waals surface area contributed by atoms with E-state index in [4.69, 9.17) is 18.9 Å². The van der Waals surface area contributed by atoms with Crippen molar-refractivity contribution in [2.24, 2.45) is 23.7 Å². The molecule has 0 saturated carbocycles. The lowest BCUT2D eigenvalue weighted by Crippen LogP contribution is -2.15. The van der Waals surface area contributed by atoms with Crippen LogP contribution in [-0.2, 0) is 38.1 Å². The van der Waals surface area contributed by atoms with E-state index >= 15 is 0 Å². The molecule has 0 aliphatic carbocycles. The van der Waals surface area contributed by atoms with E-state index in [0.29, 0.717) is 37.5 Å². The van der Waals surface area contributed by atoms with Crippen molar-refractivity contribution in [3.05, 3.63) is 0 Å². The molecule has 0 bridgehead atoms. The summed E-state index contributed by atoms with van der Waals surface area (Å²) < 4.78 is 19.4. The third-order valence-electron chi connectivity index (χ3n) is 3.36. The molecule has 0 radical (unpaired) electrons. The lowest BCUT2D eigenvalue weighted by Gasteiger charge is -2.08. The number of carbonyl (C=O) groups is 4. The van der Waals surface area contributed by atoms with E-state index in [0.717, 1.165) is 0 Å². The number of esters is 4. The van der Waals surface area contributed by atoms with Gasteiger partial charge in [0.05, 0.1) is 0 Å². The maximum atomic E-state index is 11.2. The first-order valence-electron chi connectivity index (χ1n) is 11.2. The van der Waals surface area contributed by atoms with Crippen LogP contribution >= 0.6 is 21.6 Å². The van der Waals surface area contributed by atoms with Crippen LogP contribution in [0.2, 0.25) is 0 Å². The van der Waals surface area contributed by atoms with Gasteiger partial charge >= 0.3 is 23.9 Å². The van der Waals surface area contributed by atoms with Gasteiger partial charge in [0.2, 0.25) is 6.79 Å². The summed E-state index contributed by atoms with van der Waals surface area (Å²) in [6.07, 6.45) is 1.58. The zero-order chi connectivity index (χ0) is 25.8. The van der Waals surface area contributed by atoms with Crippen LogP contribution < -0.4 is 0 Å². The largest absolute Gasteiger partial charge is 0.454 e. The van der Waals surface area contributed by atoms with Crippen LogP contribution in [0.25, 0.3) is 0 Å². The second kappa shape index (κ2) is 21.1. The minimum Gasteiger partial charge on any atom is -0.454 e. The van der Waals surface area contributed by atoms with E-state index in [2.05, 4.69) is 0 Å². The van der Waals surface area contributed by atoms with Crippen LogP contribution in [0.4, 0.5) is 0 Å². The van der Waals surface area contributed by atoms with E-state index in [9.17, 15) is 19.2 Å². The Morgan fingerprint density at radius 3 is 0.970 bits per heavy atom. The summed E-state index contributed by atoms with van der Waals surface area (Å²) in [5.74, 6) is 0.678. The van der Waals surface area contributed by atoms with Gasteiger partial charge in [-0.3, -0.25) is 19.2 Å². The first kappa shape index (κ1) is 33.8. The van der Waals surface area contributed by atoms with Gasteiger partial charge in [-0.05, 0) is 45.3 Å². The average Bonchev–Trinajstić information content (AvgIpc) is 2.62. The second-order valence-electron chi connectivity index (χ2n) is 9.05. The number of carbonyl (C=O) groups excluding carboxylic acids is 4. The SMILES string of the molecule is CC(C)CC(=O)OCOC(=O)CC(C)C.CC(C)CC(=O)OCSSCOC(=O)CC(C)C. The maximum absolute atomic E-state index is 11.2. The number of ether oxygens (including phenoxy) is 4. The molecule has 0 atom stereocenters. The zero-order valence-corrected chi connectivity index (χ0v) is 23.0. The molecule has 0 heterocycles. The van der Waals surface area contributed by atoms with Crippen molar-refractivity contribution in [3.63, 3.8) is 0 Å². The smallest absolute Gasteiger partial charge is 0.308 e. The van der Waals surface area contributed by atoms with Crippen LogP contribution in [-0.4, -0.2) is 42.5 Å².